The number of carbonyl (C=O) groups is 1. The molecule has 0 radical (unpaired) electrons. The van der Waals surface area contributed by atoms with Crippen LogP contribution in [0, 0.1) is 5.82 Å². The van der Waals surface area contributed by atoms with Crippen molar-refractivity contribution in [2.24, 2.45) is 0 Å². The van der Waals surface area contributed by atoms with Crippen LogP contribution in [0.5, 0.6) is 5.75 Å². The quantitative estimate of drug-likeness (QED) is 0.916. The Labute approximate surface area is 110 Å². The first kappa shape index (κ1) is 13.0. The van der Waals surface area contributed by atoms with E-state index in [-0.39, 0.29) is 18.3 Å². The first-order valence-corrected chi connectivity index (χ1v) is 5.71. The summed E-state index contributed by atoms with van der Waals surface area (Å²) in [6, 6.07) is 7.51. The number of carbonyl (C=O) groups excluding carboxylic acids is 1. The number of methoxy groups -OCH3 is 1. The third-order valence-corrected chi connectivity index (χ3v) is 2.61. The number of hydrogen-bond acceptors (Lipinski definition) is 3. The number of nitrogens with one attached hydrogen (secondary N) is 1. The summed E-state index contributed by atoms with van der Waals surface area (Å²) in [4.78, 5) is 15.7. The van der Waals surface area contributed by atoms with Gasteiger partial charge in [-0.1, -0.05) is 0 Å². The second kappa shape index (κ2) is 5.95. The van der Waals surface area contributed by atoms with E-state index in [4.69, 9.17) is 4.74 Å². The molecule has 0 bridgehead atoms. The van der Waals surface area contributed by atoms with Crippen molar-refractivity contribution in [3.63, 3.8) is 0 Å². The Morgan fingerprint density at radius 2 is 2.26 bits per heavy atom. The van der Waals surface area contributed by atoms with Crippen LogP contribution in [-0.2, 0) is 6.54 Å². The van der Waals surface area contributed by atoms with Crippen LogP contribution >= 0.6 is 0 Å². The molecule has 98 valence electrons. The smallest absolute Gasteiger partial charge is 0.253 e. The minimum Gasteiger partial charge on any atom is -0.496 e. The van der Waals surface area contributed by atoms with Crippen LogP contribution in [0.4, 0.5) is 4.39 Å². The Bertz CT molecular complexity index is 573. The van der Waals surface area contributed by atoms with Crippen molar-refractivity contribution in [3.05, 3.63) is 59.7 Å². The minimum atomic E-state index is -0.369. The van der Waals surface area contributed by atoms with E-state index >= 15 is 0 Å². The van der Waals surface area contributed by atoms with E-state index in [9.17, 15) is 9.18 Å². The first-order valence-electron chi connectivity index (χ1n) is 5.71. The highest BCUT2D eigenvalue weighted by Gasteiger charge is 2.08. The first-order chi connectivity index (χ1) is 9.20. The monoisotopic (exact) mass is 260 g/mol. The maximum atomic E-state index is 13.2. The van der Waals surface area contributed by atoms with Crippen molar-refractivity contribution in [2.45, 2.75) is 6.54 Å². The molecule has 2 rings (SSSR count). The van der Waals surface area contributed by atoms with E-state index < -0.39 is 0 Å². The number of aromatic nitrogens is 1. The zero-order valence-corrected chi connectivity index (χ0v) is 10.4. The fourth-order valence-corrected chi connectivity index (χ4v) is 1.66. The fraction of sp³-hybridized carbons (Fsp3) is 0.143. The van der Waals surface area contributed by atoms with Crippen LogP contribution < -0.4 is 10.1 Å². The number of halogens is 1. The van der Waals surface area contributed by atoms with Crippen LogP contribution in [0.2, 0.25) is 0 Å². The molecule has 0 spiro atoms. The van der Waals surface area contributed by atoms with Gasteiger partial charge in [0.25, 0.3) is 5.91 Å². The zero-order chi connectivity index (χ0) is 13.7. The fourth-order valence-electron chi connectivity index (χ4n) is 1.66. The summed E-state index contributed by atoms with van der Waals surface area (Å²) < 4.78 is 18.3. The van der Waals surface area contributed by atoms with E-state index in [1.807, 2.05) is 0 Å². The van der Waals surface area contributed by atoms with E-state index in [1.54, 1.807) is 18.3 Å². The molecule has 0 aliphatic carbocycles. The van der Waals surface area contributed by atoms with E-state index in [2.05, 4.69) is 10.3 Å². The summed E-state index contributed by atoms with van der Waals surface area (Å²) in [7, 11) is 1.50. The van der Waals surface area contributed by atoms with Crippen molar-refractivity contribution in [3.8, 4) is 5.75 Å². The second-order valence-corrected chi connectivity index (χ2v) is 3.88. The number of ether oxygens (including phenoxy) is 1. The van der Waals surface area contributed by atoms with Crippen LogP contribution in [0.1, 0.15) is 15.9 Å². The van der Waals surface area contributed by atoms with Gasteiger partial charge < -0.3 is 10.1 Å². The van der Waals surface area contributed by atoms with Gasteiger partial charge in [-0.05, 0) is 30.3 Å². The molecule has 0 saturated carbocycles. The van der Waals surface area contributed by atoms with Gasteiger partial charge >= 0.3 is 0 Å². The van der Waals surface area contributed by atoms with Gasteiger partial charge in [-0.15, -0.1) is 0 Å². The molecule has 1 N–H and O–H groups in total. The van der Waals surface area contributed by atoms with E-state index in [1.165, 1.54) is 31.5 Å². The number of benzene rings is 1. The lowest BCUT2D eigenvalue weighted by Gasteiger charge is -2.09. The average Bonchev–Trinajstić information content (AvgIpc) is 2.46. The average molecular weight is 260 g/mol. The van der Waals surface area contributed by atoms with Crippen molar-refractivity contribution in [1.29, 1.82) is 0 Å². The van der Waals surface area contributed by atoms with Crippen molar-refractivity contribution in [1.82, 2.24) is 10.3 Å². The highest BCUT2D eigenvalue weighted by Crippen LogP contribution is 2.19. The molecular formula is C14H13FN2O2. The van der Waals surface area contributed by atoms with Crippen LogP contribution in [0.15, 0.2) is 42.7 Å². The standard InChI is InChI=1S/C14H13FN2O2/c1-19-13-5-4-12(15)7-11(13)9-17-14(18)10-3-2-6-16-8-10/h2-8H,9H2,1H3,(H,17,18). The Kier molecular flexibility index (Phi) is 4.07. The lowest BCUT2D eigenvalue weighted by molar-refractivity contribution is 0.0950. The minimum absolute atomic E-state index is 0.189. The topological polar surface area (TPSA) is 51.2 Å². The number of hydrogen-bond donors (Lipinski definition) is 1. The molecule has 1 amide bonds. The number of nitrogens with zero attached hydrogens (tertiary/aromatic N) is 1. The van der Waals surface area contributed by atoms with Gasteiger partial charge in [0.1, 0.15) is 11.6 Å². The predicted octanol–water partition coefficient (Wildman–Crippen LogP) is 2.16. The second-order valence-electron chi connectivity index (χ2n) is 3.88. The van der Waals surface area contributed by atoms with Crippen molar-refractivity contribution in [2.75, 3.05) is 7.11 Å². The number of rotatable bonds is 4. The Balaban J connectivity index is 2.07. The molecule has 19 heavy (non-hydrogen) atoms. The molecule has 0 fully saturated rings. The molecule has 1 aromatic heterocycles. The van der Waals surface area contributed by atoms with Gasteiger partial charge in [-0.2, -0.15) is 0 Å². The zero-order valence-electron chi connectivity index (χ0n) is 10.4. The molecule has 0 aliphatic rings. The van der Waals surface area contributed by atoms with Gasteiger partial charge in [0.2, 0.25) is 0 Å². The van der Waals surface area contributed by atoms with Gasteiger partial charge in [0.15, 0.2) is 0 Å². The van der Waals surface area contributed by atoms with Crippen LogP contribution in [0.3, 0.4) is 0 Å². The number of amides is 1. The molecule has 5 heteroatoms. The van der Waals surface area contributed by atoms with E-state index in [0.29, 0.717) is 16.9 Å². The molecule has 0 unspecified atom stereocenters. The van der Waals surface area contributed by atoms with Crippen molar-refractivity contribution < 1.29 is 13.9 Å². The molecule has 0 aliphatic heterocycles. The Hall–Kier alpha value is -2.43. The largest absolute Gasteiger partial charge is 0.496 e. The molecule has 0 atom stereocenters. The van der Waals surface area contributed by atoms with Crippen molar-refractivity contribution >= 4 is 5.91 Å². The van der Waals surface area contributed by atoms with E-state index in [0.717, 1.165) is 0 Å². The number of pyridine rings is 1. The third-order valence-electron chi connectivity index (χ3n) is 2.61. The maximum Gasteiger partial charge on any atom is 0.253 e. The summed E-state index contributed by atoms with van der Waals surface area (Å²) in [6.07, 6.45) is 3.06. The Morgan fingerprint density at radius 3 is 2.95 bits per heavy atom. The van der Waals surface area contributed by atoms with Crippen LogP contribution in [-0.4, -0.2) is 18.0 Å². The maximum absolute atomic E-state index is 13.2. The normalized spacial score (nSPS) is 10.0. The molecule has 1 heterocycles. The molecular weight excluding hydrogens is 247 g/mol. The molecule has 0 saturated heterocycles. The van der Waals surface area contributed by atoms with Crippen LogP contribution in [0.25, 0.3) is 0 Å². The van der Waals surface area contributed by atoms with Gasteiger partial charge in [0.05, 0.1) is 12.7 Å². The highest BCUT2D eigenvalue weighted by molar-refractivity contribution is 5.93. The summed E-state index contributed by atoms with van der Waals surface area (Å²) in [5.74, 6) is -0.0984. The summed E-state index contributed by atoms with van der Waals surface area (Å²) >= 11 is 0. The lowest BCUT2D eigenvalue weighted by Crippen LogP contribution is -2.23. The Morgan fingerprint density at radius 1 is 1.42 bits per heavy atom. The lowest BCUT2D eigenvalue weighted by atomic mass is 10.2. The highest BCUT2D eigenvalue weighted by atomic mass is 19.1. The summed E-state index contributed by atoms with van der Waals surface area (Å²) in [6.45, 7) is 0.189. The summed E-state index contributed by atoms with van der Waals surface area (Å²) in [5.41, 5.74) is 1.04. The molecule has 2 aromatic rings. The van der Waals surface area contributed by atoms with Gasteiger partial charge in [-0.3, -0.25) is 9.78 Å². The molecule has 1 aromatic carbocycles. The van der Waals surface area contributed by atoms with Gasteiger partial charge in [0, 0.05) is 24.5 Å². The summed E-state index contributed by atoms with van der Waals surface area (Å²) in [5, 5.41) is 2.69. The van der Waals surface area contributed by atoms with Gasteiger partial charge in [-0.25, -0.2) is 4.39 Å². The third kappa shape index (κ3) is 3.28. The molecule has 4 nitrogen and oxygen atoms in total. The predicted molar refractivity (Wildman–Crippen MR) is 68.4 cm³/mol. The SMILES string of the molecule is COc1ccc(F)cc1CNC(=O)c1cccnc1.